The van der Waals surface area contributed by atoms with Crippen molar-refractivity contribution in [2.75, 3.05) is 16.8 Å². The fourth-order valence-corrected chi connectivity index (χ4v) is 3.94. The summed E-state index contributed by atoms with van der Waals surface area (Å²) >= 11 is 0. The molecule has 0 bridgehead atoms. The summed E-state index contributed by atoms with van der Waals surface area (Å²) in [6.07, 6.45) is -0.621. The molecule has 0 saturated heterocycles. The number of hydrogen-bond acceptors (Lipinski definition) is 5. The zero-order valence-corrected chi connectivity index (χ0v) is 20.7. The van der Waals surface area contributed by atoms with Gasteiger partial charge in [0, 0.05) is 5.56 Å². The Morgan fingerprint density at radius 2 is 1.53 bits per heavy atom. The van der Waals surface area contributed by atoms with Gasteiger partial charge in [-0.3, -0.25) is 4.79 Å². The van der Waals surface area contributed by atoms with E-state index in [1.54, 1.807) is 58.0 Å². The largest absolute Gasteiger partial charge is 0.462 e. The van der Waals surface area contributed by atoms with E-state index < -0.39 is 23.6 Å². The van der Waals surface area contributed by atoms with Crippen LogP contribution in [0.1, 0.15) is 49.2 Å². The summed E-state index contributed by atoms with van der Waals surface area (Å²) in [5, 5.41) is 2.85. The quantitative estimate of drug-likeness (QED) is 0.348. The first-order valence-electron chi connectivity index (χ1n) is 11.7. The summed E-state index contributed by atoms with van der Waals surface area (Å²) in [5.74, 6) is -0.871. The van der Waals surface area contributed by atoms with Crippen LogP contribution in [-0.4, -0.2) is 30.2 Å². The van der Waals surface area contributed by atoms with Gasteiger partial charge < -0.3 is 14.8 Å². The van der Waals surface area contributed by atoms with Gasteiger partial charge in [0.25, 0.3) is 5.91 Å². The highest BCUT2D eigenvalue weighted by Gasteiger charge is 2.35. The SMILES string of the molecule is CCOC(=O)c1ccc2c(c1)NC(=O)/C2=C(/c1ccccc1)N(C(=O)OC(C)(C)C)c1ccccc1. The lowest BCUT2D eigenvalue weighted by atomic mass is 9.98. The molecule has 7 heteroatoms. The molecule has 0 aromatic heterocycles. The minimum Gasteiger partial charge on any atom is -0.462 e. The number of carbonyl (C=O) groups excluding carboxylic acids is 3. The van der Waals surface area contributed by atoms with E-state index in [-0.39, 0.29) is 6.61 Å². The Bertz CT molecular complexity index is 1320. The highest BCUT2D eigenvalue weighted by atomic mass is 16.6. The standard InChI is InChI=1S/C29H28N2O5/c1-5-35-27(33)20-16-17-22-23(18-20)30-26(32)24(22)25(19-12-8-6-9-13-19)31(21-14-10-7-11-15-21)28(34)36-29(2,3)4/h6-18H,5H2,1-4H3,(H,30,32)/b25-24-. The second kappa shape index (κ2) is 10.1. The second-order valence-corrected chi connectivity index (χ2v) is 9.18. The smallest absolute Gasteiger partial charge is 0.419 e. The van der Waals surface area contributed by atoms with Crippen LogP contribution in [0.3, 0.4) is 0 Å². The molecule has 2 amide bonds. The molecule has 0 atom stereocenters. The molecule has 3 aromatic rings. The van der Waals surface area contributed by atoms with Gasteiger partial charge in [0.2, 0.25) is 0 Å². The third-order valence-corrected chi connectivity index (χ3v) is 5.37. The van der Waals surface area contributed by atoms with Gasteiger partial charge in [0.1, 0.15) is 5.60 Å². The predicted molar refractivity (Wildman–Crippen MR) is 139 cm³/mol. The fraction of sp³-hybridized carbons (Fsp3) is 0.207. The molecular weight excluding hydrogens is 456 g/mol. The number of hydrogen-bond donors (Lipinski definition) is 1. The van der Waals surface area contributed by atoms with Gasteiger partial charge in [-0.25, -0.2) is 14.5 Å². The first kappa shape index (κ1) is 24.7. The van der Waals surface area contributed by atoms with Gasteiger partial charge in [-0.15, -0.1) is 0 Å². The van der Waals surface area contributed by atoms with E-state index in [0.29, 0.717) is 39.3 Å². The Labute approximate surface area is 210 Å². The van der Waals surface area contributed by atoms with Crippen LogP contribution in [0, 0.1) is 0 Å². The topological polar surface area (TPSA) is 84.9 Å². The van der Waals surface area contributed by atoms with Crippen LogP contribution in [-0.2, 0) is 14.3 Å². The summed E-state index contributed by atoms with van der Waals surface area (Å²) in [6, 6.07) is 23.1. The minimum atomic E-state index is -0.763. The first-order valence-corrected chi connectivity index (χ1v) is 11.7. The molecule has 0 spiro atoms. The van der Waals surface area contributed by atoms with Gasteiger partial charge in [-0.05, 0) is 57.5 Å². The molecule has 0 saturated carbocycles. The van der Waals surface area contributed by atoms with Crippen molar-refractivity contribution in [3.8, 4) is 0 Å². The van der Waals surface area contributed by atoms with Gasteiger partial charge in [-0.1, -0.05) is 54.6 Å². The number of ether oxygens (including phenoxy) is 2. The molecule has 7 nitrogen and oxygen atoms in total. The van der Waals surface area contributed by atoms with E-state index >= 15 is 0 Å². The monoisotopic (exact) mass is 484 g/mol. The van der Waals surface area contributed by atoms with E-state index in [9.17, 15) is 14.4 Å². The van der Waals surface area contributed by atoms with E-state index in [0.717, 1.165) is 0 Å². The Kier molecular flexibility index (Phi) is 6.92. The number of carbonyl (C=O) groups is 3. The van der Waals surface area contributed by atoms with Crippen LogP contribution >= 0.6 is 0 Å². The molecule has 0 unspecified atom stereocenters. The van der Waals surface area contributed by atoms with Crippen molar-refractivity contribution in [2.45, 2.75) is 33.3 Å². The van der Waals surface area contributed by atoms with Crippen molar-refractivity contribution in [1.82, 2.24) is 0 Å². The number of fused-ring (bicyclic) bond motifs is 1. The number of benzene rings is 3. The molecule has 0 aliphatic carbocycles. The third-order valence-electron chi connectivity index (χ3n) is 5.37. The van der Waals surface area contributed by atoms with E-state index in [4.69, 9.17) is 9.47 Å². The molecule has 1 N–H and O–H groups in total. The highest BCUT2D eigenvalue weighted by molar-refractivity contribution is 6.39. The Morgan fingerprint density at radius 1 is 0.889 bits per heavy atom. The zero-order chi connectivity index (χ0) is 25.9. The van der Waals surface area contributed by atoms with Crippen molar-refractivity contribution in [2.24, 2.45) is 0 Å². The Hall–Kier alpha value is -4.39. The van der Waals surface area contributed by atoms with Crippen molar-refractivity contribution < 1.29 is 23.9 Å². The van der Waals surface area contributed by atoms with Crippen LogP contribution in [0.2, 0.25) is 0 Å². The van der Waals surface area contributed by atoms with Crippen LogP contribution in [0.15, 0.2) is 78.9 Å². The average Bonchev–Trinajstić information content (AvgIpc) is 3.17. The van der Waals surface area contributed by atoms with E-state index in [2.05, 4.69) is 5.32 Å². The fourth-order valence-electron chi connectivity index (χ4n) is 3.94. The lowest BCUT2D eigenvalue weighted by Crippen LogP contribution is -2.36. The molecule has 36 heavy (non-hydrogen) atoms. The first-order chi connectivity index (χ1) is 17.2. The Balaban J connectivity index is 1.97. The van der Waals surface area contributed by atoms with Crippen molar-refractivity contribution in [1.29, 1.82) is 0 Å². The molecular formula is C29H28N2O5. The minimum absolute atomic E-state index is 0.244. The molecule has 1 aliphatic heterocycles. The number of amides is 2. The van der Waals surface area contributed by atoms with Crippen LogP contribution < -0.4 is 10.2 Å². The van der Waals surface area contributed by atoms with Crippen molar-refractivity contribution in [3.05, 3.63) is 95.6 Å². The Morgan fingerprint density at radius 3 is 2.14 bits per heavy atom. The van der Waals surface area contributed by atoms with Crippen LogP contribution in [0.25, 0.3) is 11.3 Å². The van der Waals surface area contributed by atoms with Gasteiger partial charge in [-0.2, -0.15) is 0 Å². The van der Waals surface area contributed by atoms with Gasteiger partial charge in [0.05, 0.1) is 34.8 Å². The number of para-hydroxylation sites is 1. The molecule has 4 rings (SSSR count). The number of rotatable bonds is 5. The predicted octanol–water partition coefficient (Wildman–Crippen LogP) is 6.13. The summed E-state index contributed by atoms with van der Waals surface area (Å²) in [6.45, 7) is 7.34. The third kappa shape index (κ3) is 5.15. The summed E-state index contributed by atoms with van der Waals surface area (Å²) < 4.78 is 10.9. The molecule has 3 aromatic carbocycles. The summed E-state index contributed by atoms with van der Waals surface area (Å²) in [4.78, 5) is 40.8. The normalized spacial score (nSPS) is 13.9. The average molecular weight is 485 g/mol. The number of anilines is 2. The van der Waals surface area contributed by atoms with Crippen molar-refractivity contribution >= 4 is 40.6 Å². The maximum atomic E-state index is 13.6. The maximum absolute atomic E-state index is 13.6. The summed E-state index contributed by atoms with van der Waals surface area (Å²) in [7, 11) is 0. The maximum Gasteiger partial charge on any atom is 0.419 e. The summed E-state index contributed by atoms with van der Waals surface area (Å²) in [5.41, 5.74) is 2.45. The second-order valence-electron chi connectivity index (χ2n) is 9.18. The molecule has 0 radical (unpaired) electrons. The van der Waals surface area contributed by atoms with Crippen molar-refractivity contribution in [3.63, 3.8) is 0 Å². The molecule has 1 heterocycles. The van der Waals surface area contributed by atoms with E-state index in [1.807, 2.05) is 48.5 Å². The lowest BCUT2D eigenvalue weighted by Gasteiger charge is -2.30. The molecule has 0 fully saturated rings. The van der Waals surface area contributed by atoms with Gasteiger partial charge in [0.15, 0.2) is 0 Å². The molecule has 184 valence electrons. The molecule has 1 aliphatic rings. The zero-order valence-electron chi connectivity index (χ0n) is 20.7. The lowest BCUT2D eigenvalue weighted by molar-refractivity contribution is -0.110. The highest BCUT2D eigenvalue weighted by Crippen LogP contribution is 2.41. The van der Waals surface area contributed by atoms with Gasteiger partial charge >= 0.3 is 12.1 Å². The number of nitrogens with one attached hydrogen (secondary N) is 1. The number of nitrogens with zero attached hydrogens (tertiary/aromatic N) is 1. The van der Waals surface area contributed by atoms with E-state index in [1.165, 1.54) is 4.90 Å². The number of esters is 1. The van der Waals surface area contributed by atoms with Crippen LogP contribution in [0.5, 0.6) is 0 Å². The van der Waals surface area contributed by atoms with Crippen LogP contribution in [0.4, 0.5) is 16.2 Å².